The Kier molecular flexibility index (Phi) is 4.85. The lowest BCUT2D eigenvalue weighted by Crippen LogP contribution is -2.26. The van der Waals surface area contributed by atoms with Crippen LogP contribution in [0.2, 0.25) is 0 Å². The van der Waals surface area contributed by atoms with Gasteiger partial charge in [0, 0.05) is 10.4 Å². The molecule has 6 nitrogen and oxygen atoms in total. The molecule has 1 aromatic carbocycles. The number of carboxylic acid groups (broad SMARTS) is 1. The SMILES string of the molecule is CCOc1ccc(-c2c(C)sc3ncnc(NC(C)C(=O)O)c23)cc1. The van der Waals surface area contributed by atoms with E-state index in [1.807, 2.05) is 38.1 Å². The molecule has 7 heteroatoms. The Morgan fingerprint density at radius 1 is 1.32 bits per heavy atom. The molecule has 0 radical (unpaired) electrons. The summed E-state index contributed by atoms with van der Waals surface area (Å²) in [5.41, 5.74) is 2.04. The fourth-order valence-corrected chi connectivity index (χ4v) is 3.67. The molecule has 2 aromatic heterocycles. The number of benzene rings is 1. The van der Waals surface area contributed by atoms with Crippen LogP contribution in [-0.4, -0.2) is 33.7 Å². The van der Waals surface area contributed by atoms with E-state index in [1.54, 1.807) is 18.3 Å². The number of carboxylic acids is 1. The van der Waals surface area contributed by atoms with Crippen molar-refractivity contribution >= 4 is 33.3 Å². The minimum Gasteiger partial charge on any atom is -0.494 e. The minimum atomic E-state index is -0.929. The number of ether oxygens (including phenoxy) is 1. The van der Waals surface area contributed by atoms with E-state index in [0.29, 0.717) is 12.4 Å². The number of hydrogen-bond donors (Lipinski definition) is 2. The van der Waals surface area contributed by atoms with E-state index in [2.05, 4.69) is 15.3 Å². The number of thiophene rings is 1. The number of rotatable bonds is 6. The van der Waals surface area contributed by atoms with Crippen LogP contribution >= 0.6 is 11.3 Å². The van der Waals surface area contributed by atoms with Crippen molar-refractivity contribution in [1.29, 1.82) is 0 Å². The molecule has 0 aliphatic heterocycles. The van der Waals surface area contributed by atoms with Crippen LogP contribution in [-0.2, 0) is 4.79 Å². The topological polar surface area (TPSA) is 84.3 Å². The molecule has 0 amide bonds. The third-order valence-electron chi connectivity index (χ3n) is 3.84. The molecule has 0 fully saturated rings. The molecule has 0 saturated carbocycles. The average Bonchev–Trinajstić information content (AvgIpc) is 2.93. The zero-order valence-corrected chi connectivity index (χ0v) is 15.1. The van der Waals surface area contributed by atoms with E-state index in [9.17, 15) is 9.90 Å². The molecule has 130 valence electrons. The highest BCUT2D eigenvalue weighted by atomic mass is 32.1. The van der Waals surface area contributed by atoms with Crippen LogP contribution in [0.5, 0.6) is 5.75 Å². The number of carbonyl (C=O) groups is 1. The molecule has 0 bridgehead atoms. The first-order valence-electron chi connectivity index (χ1n) is 7.98. The molecule has 0 saturated heterocycles. The zero-order chi connectivity index (χ0) is 18.0. The summed E-state index contributed by atoms with van der Waals surface area (Å²) in [6, 6.07) is 7.11. The Hall–Kier alpha value is -2.67. The number of aromatic nitrogens is 2. The highest BCUT2D eigenvalue weighted by molar-refractivity contribution is 7.19. The van der Waals surface area contributed by atoms with Gasteiger partial charge < -0.3 is 15.2 Å². The standard InChI is InChI=1S/C18H19N3O3S/c1-4-24-13-7-5-12(6-8-13)14-11(3)25-17-15(14)16(19-9-20-17)21-10(2)18(22)23/h5-10H,4H2,1-3H3,(H,22,23)(H,19,20,21). The number of fused-ring (bicyclic) bond motifs is 1. The van der Waals surface area contributed by atoms with Crippen LogP contribution < -0.4 is 10.1 Å². The first-order valence-corrected chi connectivity index (χ1v) is 8.79. The van der Waals surface area contributed by atoms with Crippen LogP contribution in [0.1, 0.15) is 18.7 Å². The molecule has 3 aromatic rings. The molecule has 1 unspecified atom stereocenters. The number of aliphatic carboxylic acids is 1. The van der Waals surface area contributed by atoms with Gasteiger partial charge in [0.15, 0.2) is 0 Å². The first-order chi connectivity index (χ1) is 12.0. The second-order valence-electron chi connectivity index (χ2n) is 5.60. The molecule has 2 heterocycles. The van der Waals surface area contributed by atoms with Gasteiger partial charge in [-0.15, -0.1) is 11.3 Å². The van der Waals surface area contributed by atoms with Crippen LogP contribution in [0, 0.1) is 6.92 Å². The van der Waals surface area contributed by atoms with Gasteiger partial charge >= 0.3 is 5.97 Å². The normalized spacial score (nSPS) is 12.1. The summed E-state index contributed by atoms with van der Waals surface area (Å²) >= 11 is 1.57. The molecular formula is C18H19N3O3S. The number of nitrogens with one attached hydrogen (secondary N) is 1. The third-order valence-corrected chi connectivity index (χ3v) is 4.86. The maximum atomic E-state index is 11.2. The number of nitrogens with zero attached hydrogens (tertiary/aromatic N) is 2. The fraction of sp³-hybridized carbons (Fsp3) is 0.278. The molecule has 3 rings (SSSR count). The summed E-state index contributed by atoms with van der Waals surface area (Å²) in [6.07, 6.45) is 1.46. The number of hydrogen-bond acceptors (Lipinski definition) is 6. The van der Waals surface area contributed by atoms with Gasteiger partial charge in [0.1, 0.15) is 28.8 Å². The highest BCUT2D eigenvalue weighted by Crippen LogP contribution is 2.40. The monoisotopic (exact) mass is 357 g/mol. The van der Waals surface area contributed by atoms with Crippen molar-refractivity contribution in [2.45, 2.75) is 26.8 Å². The largest absolute Gasteiger partial charge is 0.494 e. The molecule has 25 heavy (non-hydrogen) atoms. The van der Waals surface area contributed by atoms with Crippen molar-refractivity contribution in [3.05, 3.63) is 35.5 Å². The van der Waals surface area contributed by atoms with Crippen LogP contribution in [0.4, 0.5) is 5.82 Å². The summed E-state index contributed by atoms with van der Waals surface area (Å²) in [4.78, 5) is 21.7. The Bertz CT molecular complexity index is 906. The van der Waals surface area contributed by atoms with Gasteiger partial charge in [-0.2, -0.15) is 0 Å². The Morgan fingerprint density at radius 2 is 2.04 bits per heavy atom. The summed E-state index contributed by atoms with van der Waals surface area (Å²) in [6.45, 7) is 6.19. The van der Waals surface area contributed by atoms with Gasteiger partial charge in [0.2, 0.25) is 0 Å². The van der Waals surface area contributed by atoms with E-state index in [4.69, 9.17) is 4.74 Å². The van der Waals surface area contributed by atoms with Gasteiger partial charge in [0.05, 0.1) is 12.0 Å². The van der Waals surface area contributed by atoms with Crippen molar-refractivity contribution in [3.63, 3.8) is 0 Å². The van der Waals surface area contributed by atoms with Gasteiger partial charge in [-0.05, 0) is 38.5 Å². The fourth-order valence-electron chi connectivity index (χ4n) is 2.65. The van der Waals surface area contributed by atoms with Gasteiger partial charge in [-0.3, -0.25) is 4.79 Å². The minimum absolute atomic E-state index is 0.535. The Morgan fingerprint density at radius 3 is 2.68 bits per heavy atom. The smallest absolute Gasteiger partial charge is 0.325 e. The van der Waals surface area contributed by atoms with Crippen LogP contribution in [0.15, 0.2) is 30.6 Å². The summed E-state index contributed by atoms with van der Waals surface area (Å²) < 4.78 is 5.50. The van der Waals surface area contributed by atoms with Crippen molar-refractivity contribution in [3.8, 4) is 16.9 Å². The maximum absolute atomic E-state index is 11.2. The summed E-state index contributed by atoms with van der Waals surface area (Å²) in [7, 11) is 0. The molecule has 2 N–H and O–H groups in total. The quantitative estimate of drug-likeness (QED) is 0.695. The molecule has 0 spiro atoms. The van der Waals surface area contributed by atoms with E-state index >= 15 is 0 Å². The van der Waals surface area contributed by atoms with Crippen LogP contribution in [0.25, 0.3) is 21.3 Å². The molecule has 0 aliphatic carbocycles. The van der Waals surface area contributed by atoms with E-state index in [0.717, 1.165) is 32.0 Å². The molecule has 1 atom stereocenters. The predicted molar refractivity (Wildman–Crippen MR) is 99.5 cm³/mol. The average molecular weight is 357 g/mol. The second-order valence-corrected chi connectivity index (χ2v) is 6.80. The van der Waals surface area contributed by atoms with E-state index in [-0.39, 0.29) is 0 Å². The molecule has 0 aliphatic rings. The van der Waals surface area contributed by atoms with Crippen molar-refractivity contribution in [1.82, 2.24) is 9.97 Å². The van der Waals surface area contributed by atoms with Gasteiger partial charge in [0.25, 0.3) is 0 Å². The number of aryl methyl sites for hydroxylation is 1. The van der Waals surface area contributed by atoms with E-state index < -0.39 is 12.0 Å². The van der Waals surface area contributed by atoms with Crippen molar-refractivity contribution < 1.29 is 14.6 Å². The lowest BCUT2D eigenvalue weighted by Gasteiger charge is -2.12. The van der Waals surface area contributed by atoms with Gasteiger partial charge in [-0.1, -0.05) is 12.1 Å². The summed E-state index contributed by atoms with van der Waals surface area (Å²) in [5.74, 6) is 0.423. The second kappa shape index (κ2) is 7.06. The highest BCUT2D eigenvalue weighted by Gasteiger charge is 2.19. The maximum Gasteiger partial charge on any atom is 0.325 e. The Labute approximate surface area is 149 Å². The van der Waals surface area contributed by atoms with E-state index in [1.165, 1.54) is 6.33 Å². The Balaban J connectivity index is 2.11. The lowest BCUT2D eigenvalue weighted by molar-refractivity contribution is -0.137. The molecular weight excluding hydrogens is 338 g/mol. The summed E-state index contributed by atoms with van der Waals surface area (Å²) in [5, 5.41) is 13.0. The van der Waals surface area contributed by atoms with Gasteiger partial charge in [-0.25, -0.2) is 9.97 Å². The zero-order valence-electron chi connectivity index (χ0n) is 14.2. The third kappa shape index (κ3) is 3.41. The predicted octanol–water partition coefficient (Wildman–Crippen LogP) is 3.95. The first kappa shape index (κ1) is 17.2. The van der Waals surface area contributed by atoms with Crippen molar-refractivity contribution in [2.75, 3.05) is 11.9 Å². The number of anilines is 1. The van der Waals surface area contributed by atoms with Crippen LogP contribution in [0.3, 0.4) is 0 Å². The van der Waals surface area contributed by atoms with Crippen molar-refractivity contribution in [2.24, 2.45) is 0 Å². The lowest BCUT2D eigenvalue weighted by atomic mass is 10.0.